The summed E-state index contributed by atoms with van der Waals surface area (Å²) in [7, 11) is 0. The standard InChI is InChI=1S/C19H24N2O/c1-4-21(18-11-7-8-15(2)12-18)19(22)14-20-13-17-10-6-5-9-16(17)3/h5-12,20H,4,13-14H2,1-3H3. The fourth-order valence-corrected chi connectivity index (χ4v) is 2.51. The SMILES string of the molecule is CCN(C(=O)CNCc1ccccc1C)c1cccc(C)c1. The first kappa shape index (κ1) is 16.2. The van der Waals surface area contributed by atoms with Crippen molar-refractivity contribution >= 4 is 11.6 Å². The fourth-order valence-electron chi connectivity index (χ4n) is 2.51. The number of hydrogen-bond donors (Lipinski definition) is 1. The maximum Gasteiger partial charge on any atom is 0.240 e. The van der Waals surface area contributed by atoms with Crippen molar-refractivity contribution in [1.82, 2.24) is 5.32 Å². The van der Waals surface area contributed by atoms with Crippen LogP contribution in [0, 0.1) is 13.8 Å². The van der Waals surface area contributed by atoms with E-state index in [9.17, 15) is 4.79 Å². The minimum absolute atomic E-state index is 0.0988. The predicted octanol–water partition coefficient (Wildman–Crippen LogP) is 3.45. The molecule has 2 rings (SSSR count). The molecule has 3 nitrogen and oxygen atoms in total. The normalized spacial score (nSPS) is 10.5. The molecule has 0 atom stereocenters. The number of amides is 1. The second-order valence-corrected chi connectivity index (χ2v) is 5.51. The Hall–Kier alpha value is -2.13. The highest BCUT2D eigenvalue weighted by atomic mass is 16.2. The Morgan fingerprint density at radius 2 is 1.86 bits per heavy atom. The molecule has 0 heterocycles. The van der Waals surface area contributed by atoms with Gasteiger partial charge in [-0.1, -0.05) is 36.4 Å². The van der Waals surface area contributed by atoms with E-state index in [0.717, 1.165) is 11.3 Å². The zero-order valence-electron chi connectivity index (χ0n) is 13.6. The molecule has 1 N–H and O–H groups in total. The molecule has 3 heteroatoms. The number of carbonyl (C=O) groups is 1. The molecule has 0 saturated heterocycles. The van der Waals surface area contributed by atoms with Crippen LogP contribution in [-0.4, -0.2) is 19.0 Å². The number of nitrogens with one attached hydrogen (secondary N) is 1. The van der Waals surface area contributed by atoms with Gasteiger partial charge in [-0.15, -0.1) is 0 Å². The lowest BCUT2D eigenvalue weighted by molar-refractivity contribution is -0.117. The molecule has 0 fully saturated rings. The van der Waals surface area contributed by atoms with Gasteiger partial charge in [-0.2, -0.15) is 0 Å². The van der Waals surface area contributed by atoms with Crippen molar-refractivity contribution in [2.45, 2.75) is 27.3 Å². The monoisotopic (exact) mass is 296 g/mol. The summed E-state index contributed by atoms with van der Waals surface area (Å²) in [4.78, 5) is 14.2. The van der Waals surface area contributed by atoms with Gasteiger partial charge in [0.2, 0.25) is 5.91 Å². The Balaban J connectivity index is 1.94. The molecule has 0 aliphatic rings. The third kappa shape index (κ3) is 4.18. The Kier molecular flexibility index (Phi) is 5.73. The van der Waals surface area contributed by atoms with E-state index < -0.39 is 0 Å². The number of carbonyl (C=O) groups excluding carboxylic acids is 1. The Morgan fingerprint density at radius 3 is 2.55 bits per heavy atom. The summed E-state index contributed by atoms with van der Waals surface area (Å²) in [6, 6.07) is 16.3. The smallest absolute Gasteiger partial charge is 0.240 e. The van der Waals surface area contributed by atoms with Crippen LogP contribution >= 0.6 is 0 Å². The van der Waals surface area contributed by atoms with Gasteiger partial charge in [0.15, 0.2) is 0 Å². The molecule has 2 aromatic carbocycles. The Labute approximate surface area is 133 Å². The van der Waals surface area contributed by atoms with Gasteiger partial charge in [-0.3, -0.25) is 4.79 Å². The first-order valence-corrected chi connectivity index (χ1v) is 7.74. The van der Waals surface area contributed by atoms with Crippen LogP contribution in [0.4, 0.5) is 5.69 Å². The van der Waals surface area contributed by atoms with Crippen LogP contribution in [0.25, 0.3) is 0 Å². The summed E-state index contributed by atoms with van der Waals surface area (Å²) in [5.41, 5.74) is 4.60. The van der Waals surface area contributed by atoms with Gasteiger partial charge in [0.05, 0.1) is 6.54 Å². The van der Waals surface area contributed by atoms with E-state index >= 15 is 0 Å². The summed E-state index contributed by atoms with van der Waals surface area (Å²) in [5.74, 6) is 0.0988. The van der Waals surface area contributed by atoms with Gasteiger partial charge in [0, 0.05) is 18.8 Å². The lowest BCUT2D eigenvalue weighted by atomic mass is 10.1. The molecule has 0 aliphatic carbocycles. The molecular weight excluding hydrogens is 272 g/mol. The van der Waals surface area contributed by atoms with E-state index in [1.807, 2.05) is 55.1 Å². The fraction of sp³-hybridized carbons (Fsp3) is 0.316. The number of benzene rings is 2. The first-order chi connectivity index (χ1) is 10.6. The third-order valence-electron chi connectivity index (χ3n) is 3.78. The maximum absolute atomic E-state index is 12.4. The van der Waals surface area contributed by atoms with E-state index in [4.69, 9.17) is 0 Å². The van der Waals surface area contributed by atoms with Crippen molar-refractivity contribution in [3.63, 3.8) is 0 Å². The van der Waals surface area contributed by atoms with Crippen molar-refractivity contribution in [2.24, 2.45) is 0 Å². The van der Waals surface area contributed by atoms with Gasteiger partial charge < -0.3 is 10.2 Å². The number of hydrogen-bond acceptors (Lipinski definition) is 2. The van der Waals surface area contributed by atoms with Crippen LogP contribution in [0.3, 0.4) is 0 Å². The zero-order chi connectivity index (χ0) is 15.9. The van der Waals surface area contributed by atoms with Crippen LogP contribution in [-0.2, 0) is 11.3 Å². The molecule has 0 bridgehead atoms. The van der Waals surface area contributed by atoms with Crippen LogP contribution in [0.15, 0.2) is 48.5 Å². The second kappa shape index (κ2) is 7.76. The first-order valence-electron chi connectivity index (χ1n) is 7.74. The molecule has 1 amide bonds. The number of likely N-dealkylation sites (N-methyl/N-ethyl adjacent to an activating group) is 1. The summed E-state index contributed by atoms with van der Waals surface area (Å²) in [6.45, 7) is 7.86. The maximum atomic E-state index is 12.4. The Bertz CT molecular complexity index is 637. The summed E-state index contributed by atoms with van der Waals surface area (Å²) in [6.07, 6.45) is 0. The number of anilines is 1. The second-order valence-electron chi connectivity index (χ2n) is 5.51. The molecule has 22 heavy (non-hydrogen) atoms. The van der Waals surface area contributed by atoms with E-state index in [1.54, 1.807) is 0 Å². The van der Waals surface area contributed by atoms with Crippen LogP contribution in [0.2, 0.25) is 0 Å². The number of rotatable bonds is 6. The minimum Gasteiger partial charge on any atom is -0.312 e. The lowest BCUT2D eigenvalue weighted by Gasteiger charge is -2.22. The van der Waals surface area contributed by atoms with Crippen molar-refractivity contribution < 1.29 is 4.79 Å². The average Bonchev–Trinajstić information content (AvgIpc) is 2.50. The lowest BCUT2D eigenvalue weighted by Crippen LogP contribution is -2.38. The van der Waals surface area contributed by atoms with E-state index in [0.29, 0.717) is 19.6 Å². The summed E-state index contributed by atoms with van der Waals surface area (Å²) < 4.78 is 0. The van der Waals surface area contributed by atoms with E-state index in [2.05, 4.69) is 24.4 Å². The zero-order valence-corrected chi connectivity index (χ0v) is 13.6. The Morgan fingerprint density at radius 1 is 1.09 bits per heavy atom. The molecular formula is C19H24N2O. The van der Waals surface area contributed by atoms with Gasteiger partial charge in [-0.05, 0) is 49.6 Å². The summed E-state index contributed by atoms with van der Waals surface area (Å²) in [5, 5.41) is 3.25. The highest BCUT2D eigenvalue weighted by molar-refractivity contribution is 5.94. The summed E-state index contributed by atoms with van der Waals surface area (Å²) >= 11 is 0. The van der Waals surface area contributed by atoms with Gasteiger partial charge in [0.25, 0.3) is 0 Å². The van der Waals surface area contributed by atoms with Crippen LogP contribution < -0.4 is 10.2 Å². The number of aryl methyl sites for hydroxylation is 2. The van der Waals surface area contributed by atoms with Crippen molar-refractivity contribution in [2.75, 3.05) is 18.0 Å². The topological polar surface area (TPSA) is 32.3 Å². The molecule has 0 radical (unpaired) electrons. The highest BCUT2D eigenvalue weighted by Gasteiger charge is 2.13. The van der Waals surface area contributed by atoms with Crippen molar-refractivity contribution in [1.29, 1.82) is 0 Å². The van der Waals surface area contributed by atoms with E-state index in [-0.39, 0.29) is 5.91 Å². The minimum atomic E-state index is 0.0988. The van der Waals surface area contributed by atoms with Gasteiger partial charge in [0.1, 0.15) is 0 Å². The molecule has 0 saturated carbocycles. The predicted molar refractivity (Wildman–Crippen MR) is 92.1 cm³/mol. The molecule has 0 aromatic heterocycles. The van der Waals surface area contributed by atoms with Gasteiger partial charge in [-0.25, -0.2) is 0 Å². The van der Waals surface area contributed by atoms with Crippen LogP contribution in [0.5, 0.6) is 0 Å². The van der Waals surface area contributed by atoms with Crippen molar-refractivity contribution in [3.05, 3.63) is 65.2 Å². The van der Waals surface area contributed by atoms with Crippen molar-refractivity contribution in [3.8, 4) is 0 Å². The highest BCUT2D eigenvalue weighted by Crippen LogP contribution is 2.15. The number of nitrogens with zero attached hydrogens (tertiary/aromatic N) is 1. The third-order valence-corrected chi connectivity index (χ3v) is 3.78. The largest absolute Gasteiger partial charge is 0.312 e. The molecule has 0 unspecified atom stereocenters. The molecule has 0 aliphatic heterocycles. The molecule has 116 valence electrons. The molecule has 2 aromatic rings. The quantitative estimate of drug-likeness (QED) is 0.885. The van der Waals surface area contributed by atoms with Gasteiger partial charge >= 0.3 is 0 Å². The van der Waals surface area contributed by atoms with Crippen LogP contribution in [0.1, 0.15) is 23.6 Å². The van der Waals surface area contributed by atoms with E-state index in [1.165, 1.54) is 11.1 Å². The average molecular weight is 296 g/mol. The molecule has 0 spiro atoms.